The molecule has 0 N–H and O–H groups in total. The minimum Gasteiger partial charge on any atom is -0.471 e. The van der Waals surface area contributed by atoms with Crippen LogP contribution in [0, 0.1) is 11.3 Å². The summed E-state index contributed by atoms with van der Waals surface area (Å²) in [5, 5.41) is 8.81. The molecule has 1 saturated heterocycles. The molecule has 0 bridgehead atoms. The molecule has 1 fully saturated rings. The van der Waals surface area contributed by atoms with Gasteiger partial charge in [-0.1, -0.05) is 48.5 Å². The normalized spacial score (nSPS) is 13.3. The van der Waals surface area contributed by atoms with E-state index >= 15 is 0 Å². The Balaban J connectivity index is 1.43. The van der Waals surface area contributed by atoms with Gasteiger partial charge in [0.1, 0.15) is 12.2 Å². The fraction of sp³-hybridized carbons (Fsp3) is 0.130. The quantitative estimate of drug-likeness (QED) is 0.632. The molecule has 0 unspecified atom stereocenters. The summed E-state index contributed by atoms with van der Waals surface area (Å²) in [6, 6.07) is 21.1. The van der Waals surface area contributed by atoms with E-state index in [0.717, 1.165) is 0 Å². The van der Waals surface area contributed by atoms with Crippen molar-refractivity contribution in [3.8, 4) is 11.9 Å². The third-order valence-corrected chi connectivity index (χ3v) is 4.73. The highest BCUT2D eigenvalue weighted by Gasteiger charge is 2.34. The maximum Gasteiger partial charge on any atom is 0.254 e. The number of likely N-dealkylation sites (tertiary alicyclic amines) is 1. The fourth-order valence-corrected chi connectivity index (χ4v) is 3.15. The molecule has 2 heterocycles. The number of rotatable bonds is 5. The van der Waals surface area contributed by atoms with Crippen LogP contribution in [-0.4, -0.2) is 40.8 Å². The van der Waals surface area contributed by atoms with E-state index in [-0.39, 0.29) is 17.8 Å². The van der Waals surface area contributed by atoms with E-state index in [2.05, 4.69) is 4.98 Å². The molecular formula is C23H17N3O3. The SMILES string of the molecule is N#Cc1ccc(OC2CN(C(=O)c3ccccc3C(=O)c3ccccc3)C2)nc1. The average molecular weight is 383 g/mol. The average Bonchev–Trinajstić information content (AvgIpc) is 2.76. The first-order valence-electron chi connectivity index (χ1n) is 9.16. The number of nitriles is 1. The van der Waals surface area contributed by atoms with E-state index in [0.29, 0.717) is 41.2 Å². The first-order valence-corrected chi connectivity index (χ1v) is 9.16. The molecule has 142 valence electrons. The number of carbonyl (C=O) groups excluding carboxylic acids is 2. The second-order valence-electron chi connectivity index (χ2n) is 6.69. The topological polar surface area (TPSA) is 83.3 Å². The van der Waals surface area contributed by atoms with Gasteiger partial charge < -0.3 is 9.64 Å². The standard InChI is InChI=1S/C23H17N3O3/c24-12-16-10-11-21(25-13-16)29-18-14-26(15-18)23(28)20-9-5-4-8-19(20)22(27)17-6-2-1-3-7-17/h1-11,13,18H,14-15H2. The van der Waals surface area contributed by atoms with Crippen LogP contribution >= 0.6 is 0 Å². The minimum atomic E-state index is -0.197. The lowest BCUT2D eigenvalue weighted by molar-refractivity contribution is 0.0159. The van der Waals surface area contributed by atoms with Gasteiger partial charge in [-0.25, -0.2) is 4.98 Å². The predicted octanol–water partition coefficient (Wildman–Crippen LogP) is 3.09. The van der Waals surface area contributed by atoms with Gasteiger partial charge in [0.05, 0.1) is 24.2 Å². The molecule has 4 rings (SSSR count). The van der Waals surface area contributed by atoms with Crippen LogP contribution < -0.4 is 4.74 Å². The number of ketones is 1. The van der Waals surface area contributed by atoms with Crippen molar-refractivity contribution in [3.63, 3.8) is 0 Å². The molecule has 1 aliphatic rings. The Labute approximate surface area is 168 Å². The molecule has 0 spiro atoms. The van der Waals surface area contributed by atoms with Crippen LogP contribution in [0.4, 0.5) is 0 Å². The minimum absolute atomic E-state index is 0.170. The third kappa shape index (κ3) is 3.85. The molecule has 0 saturated carbocycles. The monoisotopic (exact) mass is 383 g/mol. The number of pyridine rings is 1. The van der Waals surface area contributed by atoms with Gasteiger partial charge in [0.2, 0.25) is 5.88 Å². The molecule has 1 aliphatic heterocycles. The molecule has 1 amide bonds. The maximum atomic E-state index is 12.9. The van der Waals surface area contributed by atoms with E-state index in [1.807, 2.05) is 12.1 Å². The van der Waals surface area contributed by atoms with Gasteiger partial charge in [0, 0.05) is 23.4 Å². The van der Waals surface area contributed by atoms with Crippen molar-refractivity contribution in [1.29, 1.82) is 5.26 Å². The molecule has 6 nitrogen and oxygen atoms in total. The van der Waals surface area contributed by atoms with Gasteiger partial charge in [0.15, 0.2) is 5.78 Å². The van der Waals surface area contributed by atoms with Crippen LogP contribution in [0.1, 0.15) is 31.8 Å². The van der Waals surface area contributed by atoms with Gasteiger partial charge in [-0.3, -0.25) is 9.59 Å². The van der Waals surface area contributed by atoms with E-state index in [4.69, 9.17) is 10.00 Å². The zero-order chi connectivity index (χ0) is 20.2. The van der Waals surface area contributed by atoms with Crippen molar-refractivity contribution in [1.82, 2.24) is 9.88 Å². The summed E-state index contributed by atoms with van der Waals surface area (Å²) in [6.45, 7) is 0.822. The second kappa shape index (κ2) is 7.95. The highest BCUT2D eigenvalue weighted by atomic mass is 16.5. The fourth-order valence-electron chi connectivity index (χ4n) is 3.15. The second-order valence-corrected chi connectivity index (χ2v) is 6.69. The van der Waals surface area contributed by atoms with Crippen LogP contribution in [0.25, 0.3) is 0 Å². The lowest BCUT2D eigenvalue weighted by Gasteiger charge is -2.38. The summed E-state index contributed by atoms with van der Waals surface area (Å²) in [4.78, 5) is 31.5. The molecule has 0 aliphatic carbocycles. The first-order chi connectivity index (χ1) is 14.2. The summed E-state index contributed by atoms with van der Waals surface area (Å²) in [5.41, 5.74) is 1.78. The summed E-state index contributed by atoms with van der Waals surface area (Å²) >= 11 is 0. The van der Waals surface area contributed by atoms with Crippen LogP contribution in [0.15, 0.2) is 72.9 Å². The first kappa shape index (κ1) is 18.4. The highest BCUT2D eigenvalue weighted by molar-refractivity contribution is 6.15. The summed E-state index contributed by atoms with van der Waals surface area (Å²) in [5.74, 6) is 0.0444. The predicted molar refractivity (Wildman–Crippen MR) is 106 cm³/mol. The lowest BCUT2D eigenvalue weighted by Crippen LogP contribution is -2.56. The molecule has 0 atom stereocenters. The van der Waals surface area contributed by atoms with Gasteiger partial charge in [-0.2, -0.15) is 5.26 Å². The Hall–Kier alpha value is -3.98. The zero-order valence-electron chi connectivity index (χ0n) is 15.5. The number of hydrogen-bond acceptors (Lipinski definition) is 5. The van der Waals surface area contributed by atoms with Gasteiger partial charge in [-0.05, 0) is 12.1 Å². The Bertz CT molecular complexity index is 1080. The van der Waals surface area contributed by atoms with E-state index < -0.39 is 0 Å². The zero-order valence-corrected chi connectivity index (χ0v) is 15.5. The smallest absolute Gasteiger partial charge is 0.254 e. The van der Waals surface area contributed by atoms with Crippen LogP contribution in [0.2, 0.25) is 0 Å². The number of aromatic nitrogens is 1. The van der Waals surface area contributed by atoms with Crippen LogP contribution in [0.3, 0.4) is 0 Å². The van der Waals surface area contributed by atoms with Crippen molar-refractivity contribution in [2.24, 2.45) is 0 Å². The summed E-state index contributed by atoms with van der Waals surface area (Å²) in [7, 11) is 0. The molecule has 0 radical (unpaired) electrons. The van der Waals surface area contributed by atoms with Gasteiger partial charge in [0.25, 0.3) is 5.91 Å². The van der Waals surface area contributed by atoms with Gasteiger partial charge >= 0.3 is 0 Å². The number of benzene rings is 2. The molecule has 1 aromatic heterocycles. The van der Waals surface area contributed by atoms with Crippen molar-refractivity contribution >= 4 is 11.7 Å². The van der Waals surface area contributed by atoms with Crippen molar-refractivity contribution in [2.45, 2.75) is 6.10 Å². The van der Waals surface area contributed by atoms with Crippen molar-refractivity contribution < 1.29 is 14.3 Å². The van der Waals surface area contributed by atoms with Crippen LogP contribution in [-0.2, 0) is 0 Å². The molecular weight excluding hydrogens is 366 g/mol. The maximum absolute atomic E-state index is 12.9. The Morgan fingerprint density at radius 1 is 0.966 bits per heavy atom. The van der Waals surface area contributed by atoms with Crippen LogP contribution in [0.5, 0.6) is 5.88 Å². The van der Waals surface area contributed by atoms with Crippen molar-refractivity contribution in [3.05, 3.63) is 95.2 Å². The summed E-state index contributed by atoms with van der Waals surface area (Å²) < 4.78 is 5.73. The molecule has 29 heavy (non-hydrogen) atoms. The molecule has 6 heteroatoms. The summed E-state index contributed by atoms with van der Waals surface area (Å²) in [6.07, 6.45) is 1.28. The lowest BCUT2D eigenvalue weighted by atomic mass is 9.96. The molecule has 3 aromatic rings. The Kier molecular flexibility index (Phi) is 5.04. The van der Waals surface area contributed by atoms with Crippen molar-refractivity contribution in [2.75, 3.05) is 13.1 Å². The van der Waals surface area contributed by atoms with E-state index in [1.54, 1.807) is 65.6 Å². The largest absolute Gasteiger partial charge is 0.471 e. The Morgan fingerprint density at radius 3 is 2.31 bits per heavy atom. The Morgan fingerprint density at radius 2 is 1.66 bits per heavy atom. The number of amides is 1. The number of hydrogen-bond donors (Lipinski definition) is 0. The van der Waals surface area contributed by atoms with E-state index in [9.17, 15) is 9.59 Å². The number of nitrogens with zero attached hydrogens (tertiary/aromatic N) is 3. The van der Waals surface area contributed by atoms with Gasteiger partial charge in [-0.15, -0.1) is 0 Å². The number of ether oxygens (including phenoxy) is 1. The van der Waals surface area contributed by atoms with E-state index in [1.165, 1.54) is 6.20 Å². The highest BCUT2D eigenvalue weighted by Crippen LogP contribution is 2.22. The number of carbonyl (C=O) groups is 2. The molecule has 2 aromatic carbocycles. The third-order valence-electron chi connectivity index (χ3n) is 4.73.